The maximum Gasteiger partial charge on any atom is 0.334 e. The molecule has 2 N–H and O–H groups in total. The van der Waals surface area contributed by atoms with Crippen LogP contribution >= 0.6 is 0 Å². The molecule has 35 heavy (non-hydrogen) atoms. The molecule has 0 bridgehead atoms. The molecular weight excluding hydrogens is 449 g/mol. The summed E-state index contributed by atoms with van der Waals surface area (Å²) in [5.74, 6) is 1.31. The summed E-state index contributed by atoms with van der Waals surface area (Å²) in [6.07, 6.45) is 4.58. The molecule has 1 atom stereocenters. The van der Waals surface area contributed by atoms with Crippen molar-refractivity contribution in [3.8, 4) is 17.2 Å². The number of likely N-dealkylation sites (tertiary alicyclic amines) is 1. The van der Waals surface area contributed by atoms with Crippen LogP contribution < -0.4 is 16.2 Å². The van der Waals surface area contributed by atoms with E-state index in [0.717, 1.165) is 0 Å². The van der Waals surface area contributed by atoms with Crippen molar-refractivity contribution < 1.29 is 13.9 Å². The normalized spacial score (nSPS) is 15.8. The lowest BCUT2D eigenvalue weighted by molar-refractivity contribution is -0.125. The number of alkyl halides is 1. The highest BCUT2D eigenvalue weighted by Gasteiger charge is 2.30. The number of ether oxygens (including phenoxy) is 1. The predicted octanol–water partition coefficient (Wildman–Crippen LogP) is 3.86. The molecule has 9 heteroatoms. The third-order valence-corrected chi connectivity index (χ3v) is 6.08. The Kier molecular flexibility index (Phi) is 6.05. The lowest BCUT2D eigenvalue weighted by atomic mass is 10.2. The van der Waals surface area contributed by atoms with E-state index in [1.54, 1.807) is 46.0 Å². The van der Waals surface area contributed by atoms with E-state index in [9.17, 15) is 14.0 Å². The Labute approximate surface area is 200 Å². The maximum absolute atomic E-state index is 13.7. The Bertz CT molecular complexity index is 1440. The number of hydrogen-bond donors (Lipinski definition) is 1. The van der Waals surface area contributed by atoms with Crippen LogP contribution in [0.3, 0.4) is 0 Å². The van der Waals surface area contributed by atoms with E-state index in [0.29, 0.717) is 47.7 Å². The monoisotopic (exact) mass is 473 g/mol. The third-order valence-electron chi connectivity index (χ3n) is 6.08. The molecule has 1 unspecified atom stereocenters. The van der Waals surface area contributed by atoms with Crippen molar-refractivity contribution >= 4 is 22.8 Å². The molecule has 0 aliphatic carbocycles. The van der Waals surface area contributed by atoms with Gasteiger partial charge in [-0.25, -0.2) is 14.2 Å². The Hall–Kier alpha value is -4.40. The van der Waals surface area contributed by atoms with Gasteiger partial charge in [-0.15, -0.1) is 0 Å². The van der Waals surface area contributed by atoms with Crippen molar-refractivity contribution in [1.29, 1.82) is 0 Å². The highest BCUT2D eigenvalue weighted by Crippen LogP contribution is 2.29. The second-order valence-electron chi connectivity index (χ2n) is 8.24. The number of amides is 1. The SMILES string of the molecule is Nc1nccc2c1n(-c1ccc(Oc3ccccc3)cc1)c(=O)n2C1CCN(C(=O)/C=C/CF)C1. The first-order valence-electron chi connectivity index (χ1n) is 11.3. The van der Waals surface area contributed by atoms with Gasteiger partial charge in [-0.1, -0.05) is 18.2 Å². The molecule has 5 rings (SSSR count). The molecule has 0 saturated carbocycles. The summed E-state index contributed by atoms with van der Waals surface area (Å²) < 4.78 is 21.5. The standard InChI is InChI=1S/C26H24FN5O3/c27-14-4-7-23(33)30-16-13-19(17-30)31-22-12-15-29-25(28)24(22)32(26(31)34)18-8-10-21(11-9-18)35-20-5-2-1-3-6-20/h1-12,15,19H,13-14,16-17H2,(H2,28,29)/b7-4+. The molecule has 1 fully saturated rings. The van der Waals surface area contributed by atoms with Gasteiger partial charge in [0.15, 0.2) is 0 Å². The average Bonchev–Trinajstić information content (AvgIpc) is 3.47. The van der Waals surface area contributed by atoms with Crippen molar-refractivity contribution in [2.24, 2.45) is 0 Å². The number of allylic oxidation sites excluding steroid dienone is 1. The average molecular weight is 474 g/mol. The van der Waals surface area contributed by atoms with Gasteiger partial charge in [0.2, 0.25) is 5.91 Å². The van der Waals surface area contributed by atoms with E-state index in [-0.39, 0.29) is 23.5 Å². The summed E-state index contributed by atoms with van der Waals surface area (Å²) in [5, 5.41) is 0. The van der Waals surface area contributed by atoms with Gasteiger partial charge in [-0.05, 0) is 55.0 Å². The van der Waals surface area contributed by atoms with Crippen molar-refractivity contribution in [2.45, 2.75) is 12.5 Å². The van der Waals surface area contributed by atoms with Crippen molar-refractivity contribution in [3.63, 3.8) is 0 Å². The summed E-state index contributed by atoms with van der Waals surface area (Å²) in [6.45, 7) is 0.128. The fraction of sp³-hybridized carbons (Fsp3) is 0.192. The minimum atomic E-state index is -0.697. The van der Waals surface area contributed by atoms with E-state index in [2.05, 4.69) is 4.98 Å². The third kappa shape index (κ3) is 4.28. The molecule has 2 aromatic carbocycles. The number of anilines is 1. The number of nitrogens with two attached hydrogens (primary N) is 1. The fourth-order valence-electron chi connectivity index (χ4n) is 4.47. The van der Waals surface area contributed by atoms with E-state index in [1.165, 1.54) is 16.7 Å². The number of para-hydroxylation sites is 1. The molecular formula is C26H24FN5O3. The number of nitrogens with zero attached hydrogens (tertiary/aromatic N) is 4. The second-order valence-corrected chi connectivity index (χ2v) is 8.24. The van der Waals surface area contributed by atoms with Gasteiger partial charge in [-0.3, -0.25) is 13.9 Å². The van der Waals surface area contributed by atoms with Crippen molar-refractivity contribution in [2.75, 3.05) is 25.5 Å². The highest BCUT2D eigenvalue weighted by atomic mass is 19.1. The van der Waals surface area contributed by atoms with Crippen LogP contribution in [-0.4, -0.2) is 44.7 Å². The van der Waals surface area contributed by atoms with Gasteiger partial charge in [0.25, 0.3) is 0 Å². The largest absolute Gasteiger partial charge is 0.457 e. The molecule has 3 heterocycles. The van der Waals surface area contributed by atoms with Crippen molar-refractivity contribution in [1.82, 2.24) is 19.0 Å². The molecule has 0 spiro atoms. The topological polar surface area (TPSA) is 95.4 Å². The zero-order chi connectivity index (χ0) is 24.4. The number of carbonyl (C=O) groups is 1. The molecule has 1 aliphatic heterocycles. The molecule has 1 saturated heterocycles. The zero-order valence-electron chi connectivity index (χ0n) is 18.9. The number of benzene rings is 2. The summed E-state index contributed by atoms with van der Waals surface area (Å²) in [7, 11) is 0. The minimum Gasteiger partial charge on any atom is -0.457 e. The summed E-state index contributed by atoms with van der Waals surface area (Å²) >= 11 is 0. The van der Waals surface area contributed by atoms with Crippen LogP contribution in [0.1, 0.15) is 12.5 Å². The van der Waals surface area contributed by atoms with Crippen LogP contribution in [-0.2, 0) is 4.79 Å². The molecule has 0 radical (unpaired) electrons. The fourth-order valence-corrected chi connectivity index (χ4v) is 4.47. The van der Waals surface area contributed by atoms with Crippen molar-refractivity contribution in [3.05, 3.63) is 89.5 Å². The van der Waals surface area contributed by atoms with Gasteiger partial charge in [0.05, 0.1) is 17.2 Å². The second kappa shape index (κ2) is 9.46. The van der Waals surface area contributed by atoms with Crippen LogP contribution in [0.15, 0.2) is 83.8 Å². The molecule has 178 valence electrons. The Morgan fingerprint density at radius 3 is 2.60 bits per heavy atom. The Morgan fingerprint density at radius 1 is 1.11 bits per heavy atom. The van der Waals surface area contributed by atoms with Gasteiger partial charge in [-0.2, -0.15) is 0 Å². The quantitative estimate of drug-likeness (QED) is 0.429. The molecule has 1 aliphatic rings. The maximum atomic E-state index is 13.7. The number of aromatic nitrogens is 3. The van der Waals surface area contributed by atoms with Gasteiger partial charge in [0, 0.05) is 25.4 Å². The molecule has 8 nitrogen and oxygen atoms in total. The Morgan fingerprint density at radius 2 is 1.86 bits per heavy atom. The minimum absolute atomic E-state index is 0.236. The first kappa shape index (κ1) is 22.4. The van der Waals surface area contributed by atoms with E-state index < -0.39 is 6.67 Å². The number of pyridine rings is 1. The van der Waals surface area contributed by atoms with E-state index >= 15 is 0 Å². The summed E-state index contributed by atoms with van der Waals surface area (Å²) in [5.41, 5.74) is 7.73. The van der Waals surface area contributed by atoms with Gasteiger partial charge in [0.1, 0.15) is 29.5 Å². The predicted molar refractivity (Wildman–Crippen MR) is 132 cm³/mol. The van der Waals surface area contributed by atoms with Gasteiger partial charge < -0.3 is 15.4 Å². The van der Waals surface area contributed by atoms with E-state index in [1.807, 2.05) is 30.3 Å². The first-order chi connectivity index (χ1) is 17.1. The van der Waals surface area contributed by atoms with E-state index in [4.69, 9.17) is 10.5 Å². The summed E-state index contributed by atoms with van der Waals surface area (Å²) in [4.78, 5) is 31.8. The van der Waals surface area contributed by atoms with Gasteiger partial charge >= 0.3 is 5.69 Å². The van der Waals surface area contributed by atoms with Crippen LogP contribution in [0.25, 0.3) is 16.7 Å². The zero-order valence-corrected chi connectivity index (χ0v) is 18.9. The molecule has 1 amide bonds. The highest BCUT2D eigenvalue weighted by molar-refractivity contribution is 5.88. The smallest absolute Gasteiger partial charge is 0.334 e. The number of carbonyl (C=O) groups excluding carboxylic acids is 1. The summed E-state index contributed by atoms with van der Waals surface area (Å²) in [6, 6.07) is 18.1. The number of fused-ring (bicyclic) bond motifs is 1. The number of nitrogen functional groups attached to an aromatic ring is 1. The van der Waals surface area contributed by atoms with Crippen LogP contribution in [0.4, 0.5) is 10.2 Å². The number of imidazole rings is 1. The Balaban J connectivity index is 1.51. The lowest BCUT2D eigenvalue weighted by Gasteiger charge is -2.15. The van der Waals surface area contributed by atoms with Crippen LogP contribution in [0, 0.1) is 0 Å². The lowest BCUT2D eigenvalue weighted by Crippen LogP contribution is -2.31. The van der Waals surface area contributed by atoms with Crippen LogP contribution in [0.5, 0.6) is 11.5 Å². The number of hydrogen-bond acceptors (Lipinski definition) is 5. The first-order valence-corrected chi connectivity index (χ1v) is 11.3. The van der Waals surface area contributed by atoms with Crippen LogP contribution in [0.2, 0.25) is 0 Å². The molecule has 4 aromatic rings. The molecule has 2 aromatic heterocycles. The number of halogens is 1. The number of rotatable bonds is 6.